The number of nitriles is 1. The predicted molar refractivity (Wildman–Crippen MR) is 75.3 cm³/mol. The van der Waals surface area contributed by atoms with Gasteiger partial charge in [0.1, 0.15) is 0 Å². The molecule has 1 aromatic heterocycles. The van der Waals surface area contributed by atoms with Crippen molar-refractivity contribution in [3.63, 3.8) is 0 Å². The Bertz CT molecular complexity index is 572. The summed E-state index contributed by atoms with van der Waals surface area (Å²) in [5.74, 6) is 0. The van der Waals surface area contributed by atoms with Crippen molar-refractivity contribution in [2.45, 2.75) is 19.5 Å². The summed E-state index contributed by atoms with van der Waals surface area (Å²) in [6, 6.07) is 14.3. The maximum atomic E-state index is 9.11. The van der Waals surface area contributed by atoms with Gasteiger partial charge < -0.3 is 0 Å². The summed E-state index contributed by atoms with van der Waals surface area (Å²) in [4.78, 5) is 6.26. The van der Waals surface area contributed by atoms with E-state index < -0.39 is 0 Å². The third-order valence-corrected chi connectivity index (χ3v) is 3.41. The molecule has 2 rings (SSSR count). The van der Waals surface area contributed by atoms with Crippen LogP contribution in [0.4, 0.5) is 0 Å². The van der Waals surface area contributed by atoms with Gasteiger partial charge in [-0.1, -0.05) is 18.2 Å². The molecule has 0 aliphatic rings. The molecule has 0 fully saturated rings. The summed E-state index contributed by atoms with van der Waals surface area (Å²) in [5, 5.41) is 9.11. The predicted octanol–water partition coefficient (Wildman–Crippen LogP) is 3.15. The van der Waals surface area contributed by atoms with Crippen molar-refractivity contribution in [2.24, 2.45) is 0 Å². The summed E-state index contributed by atoms with van der Waals surface area (Å²) in [6.07, 6.45) is 3.62. The molecule has 0 amide bonds. The number of hydrogen-bond acceptors (Lipinski definition) is 3. The van der Waals surface area contributed by atoms with Crippen LogP contribution in [0.1, 0.15) is 29.7 Å². The highest BCUT2D eigenvalue weighted by molar-refractivity contribution is 5.37. The Kier molecular flexibility index (Phi) is 4.27. The van der Waals surface area contributed by atoms with E-state index in [1.54, 1.807) is 0 Å². The van der Waals surface area contributed by atoms with Crippen LogP contribution in [-0.2, 0) is 6.54 Å². The molecule has 19 heavy (non-hydrogen) atoms. The third-order valence-electron chi connectivity index (χ3n) is 3.41. The highest BCUT2D eigenvalue weighted by atomic mass is 15.1. The lowest BCUT2D eigenvalue weighted by molar-refractivity contribution is 0.253. The number of nitrogens with zero attached hydrogens (tertiary/aromatic N) is 3. The van der Waals surface area contributed by atoms with Crippen LogP contribution in [0.3, 0.4) is 0 Å². The second kappa shape index (κ2) is 6.12. The lowest BCUT2D eigenvalue weighted by Crippen LogP contribution is -2.22. The molecular weight excluding hydrogens is 234 g/mol. The van der Waals surface area contributed by atoms with Crippen molar-refractivity contribution < 1.29 is 0 Å². The number of aromatic nitrogens is 1. The average molecular weight is 251 g/mol. The molecule has 0 aliphatic carbocycles. The molecule has 3 heteroatoms. The van der Waals surface area contributed by atoms with Gasteiger partial charge in [0.25, 0.3) is 0 Å². The Morgan fingerprint density at radius 2 is 1.89 bits per heavy atom. The van der Waals surface area contributed by atoms with Gasteiger partial charge in [-0.15, -0.1) is 0 Å². The monoisotopic (exact) mass is 251 g/mol. The molecule has 1 heterocycles. The summed E-state index contributed by atoms with van der Waals surface area (Å²) in [5.41, 5.74) is 3.04. The third kappa shape index (κ3) is 3.18. The Morgan fingerprint density at radius 3 is 2.58 bits per heavy atom. The van der Waals surface area contributed by atoms with Crippen LogP contribution in [0, 0.1) is 11.3 Å². The fourth-order valence-electron chi connectivity index (χ4n) is 2.07. The van der Waals surface area contributed by atoms with Crippen molar-refractivity contribution >= 4 is 0 Å². The van der Waals surface area contributed by atoms with Crippen molar-refractivity contribution in [1.29, 1.82) is 5.26 Å². The Labute approximate surface area is 114 Å². The molecule has 0 radical (unpaired) electrons. The first kappa shape index (κ1) is 13.3. The molecule has 96 valence electrons. The van der Waals surface area contributed by atoms with Crippen LogP contribution in [0.25, 0.3) is 0 Å². The first-order valence-corrected chi connectivity index (χ1v) is 6.30. The summed E-state index contributed by atoms with van der Waals surface area (Å²) >= 11 is 0. The van der Waals surface area contributed by atoms with E-state index in [-0.39, 0.29) is 6.04 Å². The van der Waals surface area contributed by atoms with Crippen LogP contribution in [0.5, 0.6) is 0 Å². The van der Waals surface area contributed by atoms with Gasteiger partial charge in [-0.25, -0.2) is 0 Å². The lowest BCUT2D eigenvalue weighted by Gasteiger charge is -2.25. The largest absolute Gasteiger partial charge is 0.295 e. The molecule has 0 spiro atoms. The molecule has 0 bridgehead atoms. The SMILES string of the molecule is CC(c1ccncc1)N(C)Cc1ccccc1C#N. The highest BCUT2D eigenvalue weighted by Gasteiger charge is 2.13. The van der Waals surface area contributed by atoms with Crippen molar-refractivity contribution in [3.05, 3.63) is 65.5 Å². The minimum Gasteiger partial charge on any atom is -0.295 e. The fraction of sp³-hybridized carbons (Fsp3) is 0.250. The van der Waals surface area contributed by atoms with E-state index >= 15 is 0 Å². The molecular formula is C16H17N3. The van der Waals surface area contributed by atoms with Gasteiger partial charge in [0.05, 0.1) is 11.6 Å². The van der Waals surface area contributed by atoms with E-state index in [4.69, 9.17) is 5.26 Å². The molecule has 1 unspecified atom stereocenters. The van der Waals surface area contributed by atoms with E-state index in [9.17, 15) is 0 Å². The van der Waals surface area contributed by atoms with Crippen LogP contribution < -0.4 is 0 Å². The van der Waals surface area contributed by atoms with Gasteiger partial charge in [0.15, 0.2) is 0 Å². The second-order valence-corrected chi connectivity index (χ2v) is 4.64. The molecule has 0 saturated heterocycles. The standard InChI is InChI=1S/C16H17N3/c1-13(14-7-9-18-10-8-14)19(2)12-16-6-4-3-5-15(16)11-17/h3-10,13H,12H2,1-2H3. The van der Waals surface area contributed by atoms with E-state index in [1.807, 2.05) is 48.8 Å². The van der Waals surface area contributed by atoms with Crippen molar-refractivity contribution in [1.82, 2.24) is 9.88 Å². The molecule has 0 saturated carbocycles. The second-order valence-electron chi connectivity index (χ2n) is 4.64. The maximum Gasteiger partial charge on any atom is 0.0995 e. The zero-order valence-electron chi connectivity index (χ0n) is 11.2. The molecule has 2 aromatic rings. The van der Waals surface area contributed by atoms with Gasteiger partial charge in [0.2, 0.25) is 0 Å². The summed E-state index contributed by atoms with van der Waals surface area (Å²) < 4.78 is 0. The van der Waals surface area contributed by atoms with Crippen LogP contribution in [0.15, 0.2) is 48.8 Å². The van der Waals surface area contributed by atoms with Crippen LogP contribution in [0.2, 0.25) is 0 Å². The minimum atomic E-state index is 0.287. The molecule has 1 aromatic carbocycles. The number of benzene rings is 1. The summed E-state index contributed by atoms with van der Waals surface area (Å²) in [6.45, 7) is 2.91. The number of rotatable bonds is 4. The number of hydrogen-bond donors (Lipinski definition) is 0. The fourth-order valence-corrected chi connectivity index (χ4v) is 2.07. The van der Waals surface area contributed by atoms with Gasteiger partial charge >= 0.3 is 0 Å². The smallest absolute Gasteiger partial charge is 0.0995 e. The first-order chi connectivity index (χ1) is 9.22. The molecule has 0 aliphatic heterocycles. The summed E-state index contributed by atoms with van der Waals surface area (Å²) in [7, 11) is 2.07. The Hall–Kier alpha value is -2.18. The van der Waals surface area contributed by atoms with Crippen molar-refractivity contribution in [3.8, 4) is 6.07 Å². The zero-order chi connectivity index (χ0) is 13.7. The van der Waals surface area contributed by atoms with Gasteiger partial charge in [-0.2, -0.15) is 5.26 Å². The first-order valence-electron chi connectivity index (χ1n) is 6.30. The minimum absolute atomic E-state index is 0.287. The maximum absolute atomic E-state index is 9.11. The van der Waals surface area contributed by atoms with E-state index in [0.717, 1.165) is 17.7 Å². The average Bonchev–Trinajstić information content (AvgIpc) is 2.48. The zero-order valence-corrected chi connectivity index (χ0v) is 11.2. The van der Waals surface area contributed by atoms with Crippen LogP contribution >= 0.6 is 0 Å². The van der Waals surface area contributed by atoms with Gasteiger partial charge in [0, 0.05) is 25.0 Å². The highest BCUT2D eigenvalue weighted by Crippen LogP contribution is 2.20. The normalized spacial score (nSPS) is 12.1. The van der Waals surface area contributed by atoms with E-state index in [2.05, 4.69) is 29.9 Å². The van der Waals surface area contributed by atoms with E-state index in [1.165, 1.54) is 5.56 Å². The molecule has 1 atom stereocenters. The Balaban J connectivity index is 2.13. The van der Waals surface area contributed by atoms with E-state index in [0.29, 0.717) is 0 Å². The molecule has 0 N–H and O–H groups in total. The topological polar surface area (TPSA) is 39.9 Å². The van der Waals surface area contributed by atoms with Gasteiger partial charge in [-0.3, -0.25) is 9.88 Å². The van der Waals surface area contributed by atoms with Crippen molar-refractivity contribution in [2.75, 3.05) is 7.05 Å². The Morgan fingerprint density at radius 1 is 1.21 bits per heavy atom. The van der Waals surface area contributed by atoms with Gasteiger partial charge in [-0.05, 0) is 43.3 Å². The lowest BCUT2D eigenvalue weighted by atomic mass is 10.1. The quantitative estimate of drug-likeness (QED) is 0.838. The number of pyridine rings is 1. The van der Waals surface area contributed by atoms with Crippen LogP contribution in [-0.4, -0.2) is 16.9 Å². The molecule has 3 nitrogen and oxygen atoms in total.